The number of rotatable bonds is 5. The topological polar surface area (TPSA) is 24.9 Å². The van der Waals surface area contributed by atoms with E-state index in [4.69, 9.17) is 0 Å². The van der Waals surface area contributed by atoms with Crippen molar-refractivity contribution in [1.82, 2.24) is 10.3 Å². The lowest BCUT2D eigenvalue weighted by molar-refractivity contribution is 0.512. The number of aryl methyl sites for hydroxylation is 1. The Morgan fingerprint density at radius 1 is 1.62 bits per heavy atom. The SMILES string of the molecule is CSC(C)CCNC1CCc2cccnc21. The van der Waals surface area contributed by atoms with Gasteiger partial charge in [0.1, 0.15) is 0 Å². The van der Waals surface area contributed by atoms with E-state index in [1.54, 1.807) is 0 Å². The van der Waals surface area contributed by atoms with Crippen LogP contribution in [-0.2, 0) is 6.42 Å². The number of aromatic nitrogens is 1. The zero-order valence-corrected chi connectivity index (χ0v) is 10.9. The smallest absolute Gasteiger partial charge is 0.0605 e. The fourth-order valence-electron chi connectivity index (χ4n) is 2.19. The van der Waals surface area contributed by atoms with E-state index in [2.05, 4.69) is 29.5 Å². The van der Waals surface area contributed by atoms with Crippen LogP contribution in [0.2, 0.25) is 0 Å². The highest BCUT2D eigenvalue weighted by Crippen LogP contribution is 2.28. The van der Waals surface area contributed by atoms with Gasteiger partial charge in [-0.05, 0) is 43.7 Å². The molecule has 1 N–H and O–H groups in total. The first-order valence-corrected chi connectivity index (χ1v) is 7.30. The highest BCUT2D eigenvalue weighted by atomic mass is 32.2. The van der Waals surface area contributed by atoms with Gasteiger partial charge in [-0.25, -0.2) is 0 Å². The monoisotopic (exact) mass is 236 g/mol. The molecule has 1 aliphatic rings. The molecule has 0 fully saturated rings. The first-order chi connectivity index (χ1) is 7.81. The summed E-state index contributed by atoms with van der Waals surface area (Å²) < 4.78 is 0. The van der Waals surface area contributed by atoms with E-state index >= 15 is 0 Å². The van der Waals surface area contributed by atoms with Crippen molar-refractivity contribution in [3.8, 4) is 0 Å². The third kappa shape index (κ3) is 2.77. The number of fused-ring (bicyclic) bond motifs is 1. The van der Waals surface area contributed by atoms with Crippen molar-refractivity contribution in [3.63, 3.8) is 0 Å². The Labute approximate surface area is 102 Å². The highest BCUT2D eigenvalue weighted by Gasteiger charge is 2.22. The predicted octanol–water partition coefficient (Wildman–Crippen LogP) is 2.80. The lowest BCUT2D eigenvalue weighted by atomic mass is 10.2. The summed E-state index contributed by atoms with van der Waals surface area (Å²) in [7, 11) is 0. The molecule has 0 radical (unpaired) electrons. The maximum Gasteiger partial charge on any atom is 0.0605 e. The van der Waals surface area contributed by atoms with Crippen LogP contribution < -0.4 is 5.32 Å². The van der Waals surface area contributed by atoms with E-state index in [1.165, 1.54) is 30.5 Å². The van der Waals surface area contributed by atoms with E-state index in [0.29, 0.717) is 6.04 Å². The normalized spacial score (nSPS) is 20.8. The van der Waals surface area contributed by atoms with Gasteiger partial charge < -0.3 is 5.32 Å². The van der Waals surface area contributed by atoms with E-state index in [0.717, 1.165) is 11.8 Å². The van der Waals surface area contributed by atoms with E-state index in [1.807, 2.05) is 24.0 Å². The molecule has 1 aliphatic carbocycles. The number of nitrogens with zero attached hydrogens (tertiary/aromatic N) is 1. The summed E-state index contributed by atoms with van der Waals surface area (Å²) in [5, 5.41) is 4.37. The van der Waals surface area contributed by atoms with E-state index < -0.39 is 0 Å². The Kier molecular flexibility index (Phi) is 4.24. The molecule has 16 heavy (non-hydrogen) atoms. The molecule has 0 bridgehead atoms. The first kappa shape index (κ1) is 11.9. The average molecular weight is 236 g/mol. The predicted molar refractivity (Wildman–Crippen MR) is 70.9 cm³/mol. The number of hydrogen-bond donors (Lipinski definition) is 1. The van der Waals surface area contributed by atoms with Crippen LogP contribution in [0, 0.1) is 0 Å². The third-order valence-corrected chi connectivity index (χ3v) is 4.34. The van der Waals surface area contributed by atoms with Gasteiger partial charge in [0.2, 0.25) is 0 Å². The maximum absolute atomic E-state index is 4.49. The minimum Gasteiger partial charge on any atom is -0.309 e. The largest absolute Gasteiger partial charge is 0.309 e. The molecule has 2 nitrogen and oxygen atoms in total. The Balaban J connectivity index is 1.84. The third-order valence-electron chi connectivity index (χ3n) is 3.30. The number of pyridine rings is 1. The molecule has 1 aromatic rings. The van der Waals surface area contributed by atoms with Gasteiger partial charge in [-0.15, -0.1) is 0 Å². The summed E-state index contributed by atoms with van der Waals surface area (Å²) in [5.41, 5.74) is 2.71. The second kappa shape index (κ2) is 5.69. The van der Waals surface area contributed by atoms with Crippen LogP contribution in [0.3, 0.4) is 0 Å². The van der Waals surface area contributed by atoms with E-state index in [9.17, 15) is 0 Å². The second-order valence-corrected chi connectivity index (χ2v) is 5.70. The van der Waals surface area contributed by atoms with Crippen LogP contribution in [-0.4, -0.2) is 23.0 Å². The number of thioether (sulfide) groups is 1. The maximum atomic E-state index is 4.49. The Bertz CT molecular complexity index is 340. The molecule has 2 unspecified atom stereocenters. The van der Waals surface area contributed by atoms with Gasteiger partial charge in [0.15, 0.2) is 0 Å². The summed E-state index contributed by atoms with van der Waals surface area (Å²) in [6.45, 7) is 3.38. The average Bonchev–Trinajstić information content (AvgIpc) is 2.73. The van der Waals surface area contributed by atoms with Crippen LogP contribution in [0.25, 0.3) is 0 Å². The molecule has 3 heteroatoms. The molecule has 0 aromatic carbocycles. The Morgan fingerprint density at radius 3 is 3.31 bits per heavy atom. The summed E-state index contributed by atoms with van der Waals surface area (Å²) in [4.78, 5) is 4.49. The van der Waals surface area contributed by atoms with Gasteiger partial charge in [-0.3, -0.25) is 4.98 Å². The molecule has 1 heterocycles. The molecule has 0 saturated carbocycles. The quantitative estimate of drug-likeness (QED) is 0.851. The van der Waals surface area contributed by atoms with Gasteiger partial charge in [0, 0.05) is 11.4 Å². The van der Waals surface area contributed by atoms with Crippen molar-refractivity contribution in [2.75, 3.05) is 12.8 Å². The van der Waals surface area contributed by atoms with Crippen LogP contribution in [0.15, 0.2) is 18.3 Å². The van der Waals surface area contributed by atoms with Crippen molar-refractivity contribution in [2.45, 2.75) is 37.5 Å². The fraction of sp³-hybridized carbons (Fsp3) is 0.615. The fourth-order valence-corrected chi connectivity index (χ4v) is 2.54. The molecule has 0 spiro atoms. The lowest BCUT2D eigenvalue weighted by Crippen LogP contribution is -2.23. The molecule has 2 atom stereocenters. The van der Waals surface area contributed by atoms with Crippen molar-refractivity contribution in [3.05, 3.63) is 29.6 Å². The summed E-state index contributed by atoms with van der Waals surface area (Å²) in [6, 6.07) is 4.73. The van der Waals surface area contributed by atoms with Gasteiger partial charge in [-0.1, -0.05) is 13.0 Å². The standard InChI is InChI=1S/C13H20N2S/c1-10(16-2)7-9-14-12-6-5-11-4-3-8-15-13(11)12/h3-4,8,10,12,14H,5-7,9H2,1-2H3. The van der Waals surface area contributed by atoms with Gasteiger partial charge in [0.25, 0.3) is 0 Å². The molecule has 0 amide bonds. The van der Waals surface area contributed by atoms with Crippen LogP contribution in [0.4, 0.5) is 0 Å². The van der Waals surface area contributed by atoms with Crippen molar-refractivity contribution in [1.29, 1.82) is 0 Å². The van der Waals surface area contributed by atoms with Gasteiger partial charge >= 0.3 is 0 Å². The van der Waals surface area contributed by atoms with Crippen LogP contribution in [0.1, 0.15) is 37.1 Å². The molecular formula is C13H20N2S. The summed E-state index contributed by atoms with van der Waals surface area (Å²) >= 11 is 1.94. The zero-order valence-electron chi connectivity index (χ0n) is 10.1. The summed E-state index contributed by atoms with van der Waals surface area (Å²) in [6.07, 6.45) is 7.71. The molecule has 1 aromatic heterocycles. The molecule has 2 rings (SSSR count). The van der Waals surface area contributed by atoms with Crippen LogP contribution >= 0.6 is 11.8 Å². The van der Waals surface area contributed by atoms with E-state index in [-0.39, 0.29) is 0 Å². The minimum absolute atomic E-state index is 0.491. The molecule has 88 valence electrons. The Hall–Kier alpha value is -0.540. The molecular weight excluding hydrogens is 216 g/mol. The minimum atomic E-state index is 0.491. The molecule has 0 saturated heterocycles. The Morgan fingerprint density at radius 2 is 2.50 bits per heavy atom. The highest BCUT2D eigenvalue weighted by molar-refractivity contribution is 7.99. The van der Waals surface area contributed by atoms with Gasteiger partial charge in [-0.2, -0.15) is 11.8 Å². The van der Waals surface area contributed by atoms with Crippen molar-refractivity contribution in [2.24, 2.45) is 0 Å². The zero-order chi connectivity index (χ0) is 11.4. The van der Waals surface area contributed by atoms with Crippen LogP contribution in [0.5, 0.6) is 0 Å². The first-order valence-electron chi connectivity index (χ1n) is 6.01. The summed E-state index contributed by atoms with van der Waals surface area (Å²) in [5.74, 6) is 0. The lowest BCUT2D eigenvalue weighted by Gasteiger charge is -2.14. The number of hydrogen-bond acceptors (Lipinski definition) is 3. The van der Waals surface area contributed by atoms with Crippen molar-refractivity contribution >= 4 is 11.8 Å². The molecule has 0 aliphatic heterocycles. The number of nitrogens with one attached hydrogen (secondary N) is 1. The second-order valence-electron chi connectivity index (χ2n) is 4.43. The van der Waals surface area contributed by atoms with Gasteiger partial charge in [0.05, 0.1) is 11.7 Å². The van der Waals surface area contributed by atoms with Crippen molar-refractivity contribution < 1.29 is 0 Å².